The Morgan fingerprint density at radius 3 is 3.00 bits per heavy atom. The van der Waals surface area contributed by atoms with E-state index in [1.807, 2.05) is 13.1 Å². The van der Waals surface area contributed by atoms with Crippen LogP contribution in [0.4, 0.5) is 0 Å². The minimum atomic E-state index is 0.475. The SMILES string of the molecule is CCOC1CC(NCc2cncc(Br)c2)C1. The summed E-state index contributed by atoms with van der Waals surface area (Å²) in [5, 5.41) is 3.51. The summed E-state index contributed by atoms with van der Waals surface area (Å²) in [4.78, 5) is 4.14. The molecule has 1 heterocycles. The molecule has 0 atom stereocenters. The van der Waals surface area contributed by atoms with Crippen LogP contribution < -0.4 is 5.32 Å². The molecule has 16 heavy (non-hydrogen) atoms. The van der Waals surface area contributed by atoms with Gasteiger partial charge in [-0.05, 0) is 47.3 Å². The number of ether oxygens (including phenoxy) is 1. The molecule has 0 aliphatic heterocycles. The van der Waals surface area contributed by atoms with Crippen LogP contribution in [0.25, 0.3) is 0 Å². The third-order valence-corrected chi connectivity index (χ3v) is 3.29. The normalized spacial score (nSPS) is 24.1. The smallest absolute Gasteiger partial charge is 0.0604 e. The van der Waals surface area contributed by atoms with E-state index in [-0.39, 0.29) is 0 Å². The van der Waals surface area contributed by atoms with E-state index in [1.54, 1.807) is 6.20 Å². The van der Waals surface area contributed by atoms with Crippen molar-refractivity contribution in [2.24, 2.45) is 0 Å². The summed E-state index contributed by atoms with van der Waals surface area (Å²) >= 11 is 3.42. The third kappa shape index (κ3) is 3.27. The van der Waals surface area contributed by atoms with Gasteiger partial charge in [0.05, 0.1) is 6.10 Å². The fourth-order valence-electron chi connectivity index (χ4n) is 1.92. The first-order valence-electron chi connectivity index (χ1n) is 5.72. The van der Waals surface area contributed by atoms with Crippen molar-refractivity contribution in [2.45, 2.75) is 38.5 Å². The van der Waals surface area contributed by atoms with Gasteiger partial charge < -0.3 is 10.1 Å². The van der Waals surface area contributed by atoms with Gasteiger partial charge in [-0.3, -0.25) is 4.98 Å². The van der Waals surface area contributed by atoms with Crippen LogP contribution in [0.1, 0.15) is 25.3 Å². The lowest BCUT2D eigenvalue weighted by Gasteiger charge is -2.35. The van der Waals surface area contributed by atoms with Crippen molar-refractivity contribution in [1.82, 2.24) is 10.3 Å². The minimum Gasteiger partial charge on any atom is -0.378 e. The lowest BCUT2D eigenvalue weighted by Crippen LogP contribution is -2.45. The van der Waals surface area contributed by atoms with Crippen molar-refractivity contribution in [3.63, 3.8) is 0 Å². The number of hydrogen-bond acceptors (Lipinski definition) is 3. The summed E-state index contributed by atoms with van der Waals surface area (Å²) in [6.07, 6.45) is 6.45. The van der Waals surface area contributed by atoms with Gasteiger partial charge in [-0.1, -0.05) is 0 Å². The highest BCUT2D eigenvalue weighted by Crippen LogP contribution is 2.23. The molecule has 1 saturated carbocycles. The number of pyridine rings is 1. The molecule has 0 spiro atoms. The number of hydrogen-bond donors (Lipinski definition) is 1. The Hall–Kier alpha value is -0.450. The van der Waals surface area contributed by atoms with Gasteiger partial charge in [-0.15, -0.1) is 0 Å². The van der Waals surface area contributed by atoms with Crippen LogP contribution in [-0.4, -0.2) is 23.7 Å². The Labute approximate surface area is 105 Å². The molecule has 0 bridgehead atoms. The molecule has 1 N–H and O–H groups in total. The topological polar surface area (TPSA) is 34.1 Å². The molecule has 1 fully saturated rings. The van der Waals surface area contributed by atoms with E-state index in [0.29, 0.717) is 12.1 Å². The maximum atomic E-state index is 5.52. The number of nitrogens with one attached hydrogen (secondary N) is 1. The first-order chi connectivity index (χ1) is 7.78. The van der Waals surface area contributed by atoms with Crippen LogP contribution in [0, 0.1) is 0 Å². The lowest BCUT2D eigenvalue weighted by molar-refractivity contribution is -0.0102. The quantitative estimate of drug-likeness (QED) is 0.902. The van der Waals surface area contributed by atoms with Gasteiger partial charge in [-0.2, -0.15) is 0 Å². The number of aromatic nitrogens is 1. The van der Waals surface area contributed by atoms with Crippen LogP contribution in [-0.2, 0) is 11.3 Å². The molecule has 0 saturated heterocycles. The second-order valence-corrected chi connectivity index (χ2v) is 5.05. The largest absolute Gasteiger partial charge is 0.378 e. The van der Waals surface area contributed by atoms with E-state index in [4.69, 9.17) is 4.74 Å². The standard InChI is InChI=1S/C12H17BrN2O/c1-2-16-12-4-11(5-12)15-7-9-3-10(13)8-14-6-9/h3,6,8,11-12,15H,2,4-5,7H2,1H3. The molecule has 0 unspecified atom stereocenters. The summed E-state index contributed by atoms with van der Waals surface area (Å²) in [6, 6.07) is 2.70. The maximum Gasteiger partial charge on any atom is 0.0604 e. The Kier molecular flexibility index (Phi) is 4.32. The fraction of sp³-hybridized carbons (Fsp3) is 0.583. The Morgan fingerprint density at radius 2 is 2.31 bits per heavy atom. The van der Waals surface area contributed by atoms with Crippen molar-refractivity contribution in [3.8, 4) is 0 Å². The van der Waals surface area contributed by atoms with Crippen LogP contribution in [0.2, 0.25) is 0 Å². The van der Waals surface area contributed by atoms with Gasteiger partial charge >= 0.3 is 0 Å². The summed E-state index contributed by atoms with van der Waals surface area (Å²) < 4.78 is 6.55. The number of rotatable bonds is 5. The van der Waals surface area contributed by atoms with Gasteiger partial charge in [0.25, 0.3) is 0 Å². The lowest BCUT2D eigenvalue weighted by atomic mass is 9.89. The molecule has 1 aliphatic carbocycles. The molecule has 1 aromatic rings. The molecule has 1 aromatic heterocycles. The highest BCUT2D eigenvalue weighted by atomic mass is 79.9. The average molecular weight is 285 g/mol. The van der Waals surface area contributed by atoms with Crippen molar-refractivity contribution >= 4 is 15.9 Å². The molecule has 0 radical (unpaired) electrons. The van der Waals surface area contributed by atoms with E-state index in [2.05, 4.69) is 32.3 Å². The van der Waals surface area contributed by atoms with E-state index >= 15 is 0 Å². The Bertz CT molecular complexity index is 340. The fourth-order valence-corrected chi connectivity index (χ4v) is 2.33. The number of halogens is 1. The molecule has 1 aliphatic rings. The Morgan fingerprint density at radius 1 is 1.50 bits per heavy atom. The molecule has 88 valence electrons. The van der Waals surface area contributed by atoms with Crippen molar-refractivity contribution in [3.05, 3.63) is 28.5 Å². The van der Waals surface area contributed by atoms with Crippen LogP contribution in [0.15, 0.2) is 22.9 Å². The maximum absolute atomic E-state index is 5.52. The summed E-state index contributed by atoms with van der Waals surface area (Å²) in [7, 11) is 0. The molecule has 2 rings (SSSR count). The minimum absolute atomic E-state index is 0.475. The third-order valence-electron chi connectivity index (χ3n) is 2.85. The zero-order valence-electron chi connectivity index (χ0n) is 9.45. The van der Waals surface area contributed by atoms with E-state index in [1.165, 1.54) is 5.56 Å². The molecular weight excluding hydrogens is 268 g/mol. The van der Waals surface area contributed by atoms with Gasteiger partial charge in [0.1, 0.15) is 0 Å². The summed E-state index contributed by atoms with van der Waals surface area (Å²) in [5.41, 5.74) is 1.22. The highest BCUT2D eigenvalue weighted by Gasteiger charge is 2.28. The van der Waals surface area contributed by atoms with Crippen LogP contribution in [0.5, 0.6) is 0 Å². The highest BCUT2D eigenvalue weighted by molar-refractivity contribution is 9.10. The van der Waals surface area contributed by atoms with Gasteiger partial charge in [0, 0.05) is 36.1 Å². The van der Waals surface area contributed by atoms with Gasteiger partial charge in [0.2, 0.25) is 0 Å². The van der Waals surface area contributed by atoms with Crippen LogP contribution in [0.3, 0.4) is 0 Å². The molecule has 0 amide bonds. The second kappa shape index (κ2) is 5.75. The second-order valence-electron chi connectivity index (χ2n) is 4.14. The van der Waals surface area contributed by atoms with Crippen molar-refractivity contribution < 1.29 is 4.74 Å². The monoisotopic (exact) mass is 284 g/mol. The van der Waals surface area contributed by atoms with Gasteiger partial charge in [0.15, 0.2) is 0 Å². The molecular formula is C12H17BrN2O. The molecule has 4 heteroatoms. The zero-order valence-corrected chi connectivity index (χ0v) is 11.0. The van der Waals surface area contributed by atoms with Crippen molar-refractivity contribution in [2.75, 3.05) is 6.61 Å². The Balaban J connectivity index is 1.69. The average Bonchev–Trinajstić information content (AvgIpc) is 2.21. The van der Waals surface area contributed by atoms with E-state index in [0.717, 1.165) is 30.5 Å². The van der Waals surface area contributed by atoms with Gasteiger partial charge in [-0.25, -0.2) is 0 Å². The molecule has 0 aromatic carbocycles. The zero-order chi connectivity index (χ0) is 11.4. The summed E-state index contributed by atoms with van der Waals surface area (Å²) in [5.74, 6) is 0. The van der Waals surface area contributed by atoms with Crippen molar-refractivity contribution in [1.29, 1.82) is 0 Å². The first kappa shape index (κ1) is 12.0. The number of nitrogens with zero attached hydrogens (tertiary/aromatic N) is 1. The summed E-state index contributed by atoms with van der Waals surface area (Å²) in [6.45, 7) is 3.76. The predicted octanol–water partition coefficient (Wildman–Crippen LogP) is 2.50. The first-order valence-corrected chi connectivity index (χ1v) is 6.51. The predicted molar refractivity (Wildman–Crippen MR) is 67.2 cm³/mol. The molecule has 3 nitrogen and oxygen atoms in total. The van der Waals surface area contributed by atoms with Crippen LogP contribution >= 0.6 is 15.9 Å². The van der Waals surface area contributed by atoms with E-state index in [9.17, 15) is 0 Å². The van der Waals surface area contributed by atoms with E-state index < -0.39 is 0 Å².